The molecule has 1 fully saturated rings. The largest absolute Gasteiger partial charge is 0.320 e. The van der Waals surface area contributed by atoms with Crippen LogP contribution < -0.4 is 4.90 Å². The zero-order valence-corrected chi connectivity index (χ0v) is 17.0. The van der Waals surface area contributed by atoms with Gasteiger partial charge in [0.1, 0.15) is 6.42 Å². The molecule has 0 saturated carbocycles. The van der Waals surface area contributed by atoms with Crippen molar-refractivity contribution in [1.82, 2.24) is 0 Å². The van der Waals surface area contributed by atoms with E-state index in [1.165, 1.54) is 24.0 Å². The van der Waals surface area contributed by atoms with Gasteiger partial charge in [0.25, 0.3) is 0 Å². The Kier molecular flexibility index (Phi) is 7.36. The highest BCUT2D eigenvalue weighted by molar-refractivity contribution is 7.84. The highest BCUT2D eigenvalue weighted by atomic mass is 32.2. The Morgan fingerprint density at radius 3 is 2.33 bits per heavy atom. The Labute approximate surface area is 165 Å². The van der Waals surface area contributed by atoms with Crippen LogP contribution in [0.2, 0.25) is 0 Å². The number of carbonyl (C=O) groups is 1. The molecule has 1 amide bonds. The fourth-order valence-corrected chi connectivity index (χ4v) is 5.24. The van der Waals surface area contributed by atoms with Crippen LogP contribution in [0.15, 0.2) is 54.6 Å². The molecule has 2 aromatic carbocycles. The maximum Gasteiger partial charge on any atom is 0.320 e. The van der Waals surface area contributed by atoms with Crippen LogP contribution in [0.3, 0.4) is 0 Å². The van der Waals surface area contributed by atoms with Gasteiger partial charge in [0.05, 0.1) is 23.1 Å². The van der Waals surface area contributed by atoms with E-state index in [0.717, 1.165) is 36.3 Å². The molecule has 27 heavy (non-hydrogen) atoms. The normalized spacial score (nSPS) is 20.3. The molecule has 0 aliphatic carbocycles. The Hall–Kier alpha value is -1.78. The number of unbranched alkanes of at least 4 members (excludes halogenated alkanes) is 3. The van der Waals surface area contributed by atoms with Gasteiger partial charge in [0.2, 0.25) is 0 Å². The molecule has 144 valence electrons. The summed E-state index contributed by atoms with van der Waals surface area (Å²) in [5, 5.41) is -0.00901. The van der Waals surface area contributed by atoms with Gasteiger partial charge in [-0.2, -0.15) is 0 Å². The molecule has 0 radical (unpaired) electrons. The number of rotatable bonds is 10. The van der Waals surface area contributed by atoms with Gasteiger partial charge in [-0.15, -0.1) is 0 Å². The molecule has 1 heterocycles. The summed E-state index contributed by atoms with van der Waals surface area (Å²) in [5.74, 6) is 0.792. The predicted octanol–water partition coefficient (Wildman–Crippen LogP) is 3.19. The molecule has 1 aliphatic rings. The second-order valence-corrected chi connectivity index (χ2v) is 9.17. The molecule has 2 aromatic rings. The fraction of sp³-hybridized carbons (Fsp3) is 0.435. The van der Waals surface area contributed by atoms with Crippen molar-refractivity contribution in [3.8, 4) is 0 Å². The van der Waals surface area contributed by atoms with Crippen molar-refractivity contribution in [3.63, 3.8) is 0 Å². The van der Waals surface area contributed by atoms with Crippen LogP contribution in [-0.4, -0.2) is 22.0 Å². The third kappa shape index (κ3) is 5.85. The third-order valence-corrected chi connectivity index (χ3v) is 7.07. The van der Waals surface area contributed by atoms with Crippen molar-refractivity contribution in [3.05, 3.63) is 71.3 Å². The number of quaternary nitrogens is 1. The van der Waals surface area contributed by atoms with Gasteiger partial charge in [-0.3, -0.25) is 9.11 Å². The number of hydrogen-bond donors (Lipinski definition) is 1. The average molecular weight is 385 g/mol. The molecule has 1 N–H and O–H groups in total. The summed E-state index contributed by atoms with van der Waals surface area (Å²) in [6.07, 6.45) is 6.15. The highest BCUT2D eigenvalue weighted by Crippen LogP contribution is 2.12. The van der Waals surface area contributed by atoms with Crippen molar-refractivity contribution in [2.75, 3.05) is 6.54 Å². The van der Waals surface area contributed by atoms with E-state index in [1.807, 2.05) is 30.3 Å². The fourth-order valence-electron chi connectivity index (χ4n) is 3.62. The van der Waals surface area contributed by atoms with Gasteiger partial charge in [-0.1, -0.05) is 66.6 Å². The van der Waals surface area contributed by atoms with Crippen molar-refractivity contribution in [1.29, 1.82) is 0 Å². The summed E-state index contributed by atoms with van der Waals surface area (Å²) in [6, 6.07) is 18.7. The van der Waals surface area contributed by atoms with Crippen LogP contribution in [-0.2, 0) is 27.8 Å². The van der Waals surface area contributed by atoms with Gasteiger partial charge in [0.15, 0.2) is 5.37 Å². The number of benzene rings is 2. The Morgan fingerprint density at radius 1 is 0.926 bits per heavy atom. The topological polar surface area (TPSA) is 38.6 Å². The molecule has 3 rings (SSSR count). The molecule has 3 nitrogen and oxygen atoms in total. The number of β-lactam (4-membered cyclic amide) rings is 1. The molecule has 4 heteroatoms. The van der Waals surface area contributed by atoms with Crippen LogP contribution in [0.4, 0.5) is 0 Å². The van der Waals surface area contributed by atoms with E-state index in [-0.39, 0.29) is 11.3 Å². The number of carbonyl (C=O) groups excluding carboxylic acids is 1. The lowest BCUT2D eigenvalue weighted by Gasteiger charge is -2.33. The van der Waals surface area contributed by atoms with Crippen molar-refractivity contribution < 1.29 is 13.9 Å². The number of nitrogens with one attached hydrogen (secondary N) is 1. The van der Waals surface area contributed by atoms with E-state index in [1.54, 1.807) is 0 Å². The van der Waals surface area contributed by atoms with E-state index in [9.17, 15) is 9.00 Å². The van der Waals surface area contributed by atoms with Gasteiger partial charge in [0, 0.05) is 0 Å². The van der Waals surface area contributed by atoms with Gasteiger partial charge >= 0.3 is 5.91 Å². The summed E-state index contributed by atoms with van der Waals surface area (Å²) in [5.41, 5.74) is 3.80. The minimum absolute atomic E-state index is 0.00901. The molecular formula is C23H30NO2S+. The predicted molar refractivity (Wildman–Crippen MR) is 111 cm³/mol. The summed E-state index contributed by atoms with van der Waals surface area (Å²) < 4.78 is 12.6. The van der Waals surface area contributed by atoms with E-state index in [2.05, 4.69) is 31.2 Å². The monoisotopic (exact) mass is 384 g/mol. The van der Waals surface area contributed by atoms with E-state index < -0.39 is 10.8 Å². The second-order valence-electron chi connectivity index (χ2n) is 7.55. The minimum Gasteiger partial charge on any atom is -0.258 e. The lowest BCUT2D eigenvalue weighted by Crippen LogP contribution is -3.25. The Morgan fingerprint density at radius 2 is 1.63 bits per heavy atom. The van der Waals surface area contributed by atoms with Crippen LogP contribution in [0.1, 0.15) is 48.8 Å². The first-order valence-corrected chi connectivity index (χ1v) is 11.4. The summed E-state index contributed by atoms with van der Waals surface area (Å²) in [7, 11) is -0.973. The van der Waals surface area contributed by atoms with Crippen LogP contribution in [0, 0.1) is 6.92 Å². The first kappa shape index (κ1) is 20.0. The summed E-state index contributed by atoms with van der Waals surface area (Å²) >= 11 is 0. The van der Waals surface area contributed by atoms with Gasteiger partial charge < -0.3 is 0 Å². The van der Waals surface area contributed by atoms with E-state index >= 15 is 0 Å². The molecule has 1 saturated heterocycles. The SMILES string of the molecule is Cc1ccc(CCCCCC[NH+]2C(=O)CC2S(=O)Cc2ccccc2)cc1. The average Bonchev–Trinajstić information content (AvgIpc) is 2.67. The van der Waals surface area contributed by atoms with Crippen molar-refractivity contribution in [2.45, 2.75) is 56.6 Å². The molecule has 0 bridgehead atoms. The molecule has 0 aromatic heterocycles. The summed E-state index contributed by atoms with van der Waals surface area (Å²) in [6.45, 7) is 2.94. The number of amides is 1. The maximum atomic E-state index is 12.6. The smallest absolute Gasteiger partial charge is 0.258 e. The lowest BCUT2D eigenvalue weighted by molar-refractivity contribution is -0.861. The number of likely N-dealkylation sites (tertiary alicyclic amines) is 1. The van der Waals surface area contributed by atoms with Crippen molar-refractivity contribution in [2.24, 2.45) is 0 Å². The standard InChI is InChI=1S/C23H29NO2S/c1-19-12-14-20(15-13-19)9-5-2-3-8-16-24-22(25)17-23(24)27(26)18-21-10-6-4-7-11-21/h4,6-7,10-15,23H,2-3,5,8-9,16-18H2,1H3/p+1. The first-order valence-electron chi connectivity index (χ1n) is 9.99. The first-order chi connectivity index (χ1) is 13.1. The Balaban J connectivity index is 1.34. The molecule has 3 atom stereocenters. The van der Waals surface area contributed by atoms with Gasteiger partial charge in [-0.05, 0) is 43.7 Å². The van der Waals surface area contributed by atoms with Crippen LogP contribution in [0.25, 0.3) is 0 Å². The number of hydrogen-bond acceptors (Lipinski definition) is 2. The molecule has 0 spiro atoms. The quantitative estimate of drug-likeness (QED) is 0.505. The Bertz CT molecular complexity index is 758. The zero-order chi connectivity index (χ0) is 19.1. The van der Waals surface area contributed by atoms with Crippen LogP contribution >= 0.6 is 0 Å². The van der Waals surface area contributed by atoms with Gasteiger partial charge in [-0.25, -0.2) is 4.79 Å². The second kappa shape index (κ2) is 9.95. The van der Waals surface area contributed by atoms with E-state index in [0.29, 0.717) is 12.2 Å². The lowest BCUT2D eigenvalue weighted by atomic mass is 10.0. The van der Waals surface area contributed by atoms with Crippen LogP contribution in [0.5, 0.6) is 0 Å². The number of aryl methyl sites for hydroxylation is 2. The molecular weight excluding hydrogens is 354 g/mol. The molecule has 1 aliphatic heterocycles. The minimum atomic E-state index is -0.973. The summed E-state index contributed by atoms with van der Waals surface area (Å²) in [4.78, 5) is 12.9. The third-order valence-electron chi connectivity index (χ3n) is 5.37. The van der Waals surface area contributed by atoms with Crippen molar-refractivity contribution >= 4 is 16.7 Å². The zero-order valence-electron chi connectivity index (χ0n) is 16.2. The molecule has 3 unspecified atom stereocenters. The highest BCUT2D eigenvalue weighted by Gasteiger charge is 2.45. The maximum absolute atomic E-state index is 12.6. The van der Waals surface area contributed by atoms with E-state index in [4.69, 9.17) is 0 Å².